The normalized spacial score (nSPS) is 19.6. The van der Waals surface area contributed by atoms with Crippen LogP contribution in [0.2, 0.25) is 0 Å². The van der Waals surface area contributed by atoms with E-state index in [4.69, 9.17) is 4.74 Å². The minimum Gasteiger partial charge on any atom is -0.437 e. The lowest BCUT2D eigenvalue weighted by Gasteiger charge is -2.17. The summed E-state index contributed by atoms with van der Waals surface area (Å²) in [4.78, 5) is 11.8. The molecule has 4 rings (SSSR count). The van der Waals surface area contributed by atoms with E-state index >= 15 is 0 Å². The van der Waals surface area contributed by atoms with Crippen LogP contribution < -0.4 is 5.32 Å². The number of carbonyl (C=O) groups excluding carboxylic acids is 1. The number of ether oxygens (including phenoxy) is 1. The van der Waals surface area contributed by atoms with Gasteiger partial charge in [0.15, 0.2) is 6.10 Å². The molecule has 0 radical (unpaired) electrons. The third kappa shape index (κ3) is 2.72. The van der Waals surface area contributed by atoms with Gasteiger partial charge in [0.05, 0.1) is 0 Å². The first-order valence-corrected chi connectivity index (χ1v) is 7.71. The highest BCUT2D eigenvalue weighted by atomic mass is 16.6. The van der Waals surface area contributed by atoms with Crippen LogP contribution in [0, 0.1) is 0 Å². The average molecular weight is 317 g/mol. The molecule has 5 nitrogen and oxygen atoms in total. The van der Waals surface area contributed by atoms with Gasteiger partial charge in [-0.05, 0) is 34.9 Å². The summed E-state index contributed by atoms with van der Waals surface area (Å²) in [6.07, 6.45) is 0.664. The zero-order chi connectivity index (χ0) is 16.4. The van der Waals surface area contributed by atoms with Gasteiger partial charge in [0.25, 0.3) is 0 Å². The van der Waals surface area contributed by atoms with E-state index in [-0.39, 0.29) is 6.04 Å². The molecule has 0 aliphatic carbocycles. The van der Waals surface area contributed by atoms with E-state index in [1.54, 1.807) is 12.3 Å². The van der Waals surface area contributed by atoms with E-state index < -0.39 is 12.2 Å². The van der Waals surface area contributed by atoms with E-state index in [9.17, 15) is 4.79 Å². The van der Waals surface area contributed by atoms with E-state index in [1.165, 1.54) is 0 Å². The lowest BCUT2D eigenvalue weighted by molar-refractivity contribution is 0.129. The van der Waals surface area contributed by atoms with Crippen molar-refractivity contribution >= 4 is 6.09 Å². The van der Waals surface area contributed by atoms with Gasteiger partial charge < -0.3 is 10.1 Å². The lowest BCUT2D eigenvalue weighted by atomic mass is 9.96. The summed E-state index contributed by atoms with van der Waals surface area (Å²) in [6.45, 7) is 0. The number of hydrogen-bond acceptors (Lipinski definition) is 4. The third-order valence-corrected chi connectivity index (χ3v) is 4.05. The van der Waals surface area contributed by atoms with E-state index in [0.29, 0.717) is 5.69 Å². The number of aromatic nitrogens is 2. The number of amides is 1. The smallest absolute Gasteiger partial charge is 0.408 e. The molecular formula is C19H15N3O2. The molecule has 118 valence electrons. The monoisotopic (exact) mass is 317 g/mol. The zero-order valence-electron chi connectivity index (χ0n) is 12.8. The van der Waals surface area contributed by atoms with Gasteiger partial charge >= 0.3 is 6.09 Å². The molecule has 1 amide bonds. The first-order valence-electron chi connectivity index (χ1n) is 7.71. The molecule has 2 heterocycles. The van der Waals surface area contributed by atoms with Crippen molar-refractivity contribution < 1.29 is 9.53 Å². The highest BCUT2D eigenvalue weighted by Crippen LogP contribution is 2.36. The summed E-state index contributed by atoms with van der Waals surface area (Å²) in [5.41, 5.74) is 3.82. The van der Waals surface area contributed by atoms with Gasteiger partial charge in [0.1, 0.15) is 11.7 Å². The number of nitrogens with zero attached hydrogens (tertiary/aromatic N) is 2. The molecule has 2 atom stereocenters. The zero-order valence-corrected chi connectivity index (χ0v) is 12.8. The Morgan fingerprint density at radius 1 is 0.917 bits per heavy atom. The van der Waals surface area contributed by atoms with Gasteiger partial charge in [-0.3, -0.25) is 0 Å². The van der Waals surface area contributed by atoms with Crippen molar-refractivity contribution in [3.8, 4) is 11.1 Å². The fraction of sp³-hybridized carbons (Fsp3) is 0.105. The van der Waals surface area contributed by atoms with E-state index in [0.717, 1.165) is 16.7 Å². The number of cyclic esters (lactones) is 1. The van der Waals surface area contributed by atoms with Crippen molar-refractivity contribution in [2.75, 3.05) is 0 Å². The third-order valence-electron chi connectivity index (χ3n) is 4.05. The van der Waals surface area contributed by atoms with Crippen molar-refractivity contribution in [3.05, 3.63) is 84.2 Å². The lowest BCUT2D eigenvalue weighted by Crippen LogP contribution is -2.20. The highest BCUT2D eigenvalue weighted by molar-refractivity contribution is 5.72. The van der Waals surface area contributed by atoms with Crippen molar-refractivity contribution in [2.24, 2.45) is 0 Å². The van der Waals surface area contributed by atoms with Gasteiger partial charge in [-0.25, -0.2) is 4.79 Å². The Balaban J connectivity index is 1.71. The van der Waals surface area contributed by atoms with Crippen LogP contribution in [0.15, 0.2) is 72.9 Å². The molecule has 3 aromatic rings. The largest absolute Gasteiger partial charge is 0.437 e. The Hall–Kier alpha value is -3.21. The number of hydrogen-bond donors (Lipinski definition) is 1. The van der Waals surface area contributed by atoms with Crippen molar-refractivity contribution in [2.45, 2.75) is 12.1 Å². The molecule has 1 aliphatic rings. The summed E-state index contributed by atoms with van der Waals surface area (Å²) < 4.78 is 5.41. The van der Waals surface area contributed by atoms with Crippen LogP contribution in [0.1, 0.15) is 23.4 Å². The van der Waals surface area contributed by atoms with Crippen LogP contribution in [0.25, 0.3) is 11.1 Å². The maximum absolute atomic E-state index is 11.8. The maximum atomic E-state index is 11.8. The maximum Gasteiger partial charge on any atom is 0.408 e. The second kappa shape index (κ2) is 6.12. The van der Waals surface area contributed by atoms with Gasteiger partial charge in [-0.2, -0.15) is 10.2 Å². The second-order valence-corrected chi connectivity index (χ2v) is 5.59. The molecule has 0 unspecified atom stereocenters. The first kappa shape index (κ1) is 14.4. The van der Waals surface area contributed by atoms with Crippen LogP contribution in [0.5, 0.6) is 0 Å². The van der Waals surface area contributed by atoms with Gasteiger partial charge in [0.2, 0.25) is 0 Å². The molecule has 2 aromatic carbocycles. The summed E-state index contributed by atoms with van der Waals surface area (Å²) in [6, 6.07) is 21.5. The van der Waals surface area contributed by atoms with E-state index in [1.807, 2.05) is 42.5 Å². The Kier molecular flexibility index (Phi) is 3.67. The number of alkyl carbamates (subject to hydrolysis) is 1. The topological polar surface area (TPSA) is 64.1 Å². The van der Waals surface area contributed by atoms with Gasteiger partial charge in [0, 0.05) is 6.20 Å². The second-order valence-electron chi connectivity index (χ2n) is 5.59. The highest BCUT2D eigenvalue weighted by Gasteiger charge is 2.37. The number of nitrogens with one attached hydrogen (secondary N) is 1. The predicted molar refractivity (Wildman–Crippen MR) is 89.0 cm³/mol. The number of rotatable bonds is 3. The standard InChI is InChI=1S/C19H15N3O2/c23-19-21-17(18(24-19)16-10-5-11-20-22-16)15-9-4-8-14(12-15)13-6-2-1-3-7-13/h1-12,17-18H,(H,21,23)/t17-,18-/m0/s1. The minimum atomic E-state index is -0.489. The number of benzene rings is 2. The van der Waals surface area contributed by atoms with Crippen molar-refractivity contribution in [1.29, 1.82) is 0 Å². The van der Waals surface area contributed by atoms with E-state index in [2.05, 4.69) is 33.7 Å². The molecule has 5 heteroatoms. The van der Waals surface area contributed by atoms with Crippen LogP contribution in [0.4, 0.5) is 4.79 Å². The SMILES string of the molecule is O=C1N[C@@H](c2cccc(-c3ccccc3)c2)[C@H](c2cccnn2)O1. The summed E-state index contributed by atoms with van der Waals surface area (Å²) in [5, 5.41) is 10.8. The predicted octanol–water partition coefficient (Wildman–Crippen LogP) is 3.67. The van der Waals surface area contributed by atoms with Crippen LogP contribution in [-0.2, 0) is 4.74 Å². The average Bonchev–Trinajstić information content (AvgIpc) is 3.05. The molecule has 0 bridgehead atoms. The Morgan fingerprint density at radius 2 is 1.75 bits per heavy atom. The van der Waals surface area contributed by atoms with Crippen LogP contribution >= 0.6 is 0 Å². The van der Waals surface area contributed by atoms with Gasteiger partial charge in [-0.15, -0.1) is 0 Å². The van der Waals surface area contributed by atoms with Gasteiger partial charge in [-0.1, -0.05) is 48.5 Å². The fourth-order valence-corrected chi connectivity index (χ4v) is 2.92. The Labute approximate surface area is 139 Å². The molecule has 1 aliphatic heterocycles. The minimum absolute atomic E-state index is 0.294. The summed E-state index contributed by atoms with van der Waals surface area (Å²) in [7, 11) is 0. The van der Waals surface area contributed by atoms with Crippen molar-refractivity contribution in [3.63, 3.8) is 0 Å². The quantitative estimate of drug-likeness (QED) is 0.800. The molecule has 24 heavy (non-hydrogen) atoms. The first-order chi connectivity index (χ1) is 11.8. The molecule has 1 N–H and O–H groups in total. The molecule has 0 spiro atoms. The molecule has 0 saturated carbocycles. The van der Waals surface area contributed by atoms with Crippen LogP contribution in [0.3, 0.4) is 0 Å². The Morgan fingerprint density at radius 3 is 2.54 bits per heavy atom. The molecular weight excluding hydrogens is 302 g/mol. The van der Waals surface area contributed by atoms with Crippen molar-refractivity contribution in [1.82, 2.24) is 15.5 Å². The molecule has 1 aromatic heterocycles. The summed E-state index contributed by atoms with van der Waals surface area (Å²) >= 11 is 0. The molecule has 1 saturated heterocycles. The summed E-state index contributed by atoms with van der Waals surface area (Å²) in [5.74, 6) is 0. The number of carbonyl (C=O) groups is 1. The Bertz CT molecular complexity index is 853. The molecule has 1 fully saturated rings. The van der Waals surface area contributed by atoms with Crippen LogP contribution in [-0.4, -0.2) is 16.3 Å². The fourth-order valence-electron chi connectivity index (χ4n) is 2.92.